The zero-order chi connectivity index (χ0) is 14.5. The molecule has 1 fully saturated rings. The van der Waals surface area contributed by atoms with Crippen LogP contribution in [0.2, 0.25) is 0 Å². The van der Waals surface area contributed by atoms with Crippen LogP contribution in [0, 0.1) is 5.92 Å². The molecule has 4 N–H and O–H groups in total. The van der Waals surface area contributed by atoms with E-state index in [4.69, 9.17) is 11.5 Å². The SMILES string of the molecule is NC(=O)CC1CCCN(C(=O)C(N)c2ccccc2)C1. The van der Waals surface area contributed by atoms with E-state index in [1.165, 1.54) is 0 Å². The number of hydrogen-bond donors (Lipinski definition) is 2. The molecule has 0 radical (unpaired) electrons. The van der Waals surface area contributed by atoms with E-state index in [1.807, 2.05) is 30.3 Å². The van der Waals surface area contributed by atoms with Crippen LogP contribution in [0.3, 0.4) is 0 Å². The van der Waals surface area contributed by atoms with Crippen LogP contribution >= 0.6 is 0 Å². The van der Waals surface area contributed by atoms with Crippen molar-refractivity contribution in [2.45, 2.75) is 25.3 Å². The second kappa shape index (κ2) is 6.52. The number of carbonyl (C=O) groups excluding carboxylic acids is 2. The molecule has 2 amide bonds. The topological polar surface area (TPSA) is 89.4 Å². The monoisotopic (exact) mass is 275 g/mol. The van der Waals surface area contributed by atoms with Crippen LogP contribution in [0.4, 0.5) is 0 Å². The maximum Gasteiger partial charge on any atom is 0.244 e. The number of likely N-dealkylation sites (tertiary alicyclic amines) is 1. The van der Waals surface area contributed by atoms with Gasteiger partial charge in [0.05, 0.1) is 0 Å². The lowest BCUT2D eigenvalue weighted by molar-refractivity contribution is -0.135. The third-order valence-corrected chi connectivity index (χ3v) is 3.75. The number of primary amides is 1. The van der Waals surface area contributed by atoms with E-state index < -0.39 is 6.04 Å². The summed E-state index contributed by atoms with van der Waals surface area (Å²) in [5, 5.41) is 0. The van der Waals surface area contributed by atoms with Gasteiger partial charge in [0.1, 0.15) is 6.04 Å². The number of nitrogens with two attached hydrogens (primary N) is 2. The highest BCUT2D eigenvalue weighted by atomic mass is 16.2. The molecule has 20 heavy (non-hydrogen) atoms. The Morgan fingerprint density at radius 3 is 2.65 bits per heavy atom. The molecule has 5 nitrogen and oxygen atoms in total. The van der Waals surface area contributed by atoms with Crippen LogP contribution in [0.15, 0.2) is 30.3 Å². The smallest absolute Gasteiger partial charge is 0.244 e. The Balaban J connectivity index is 1.99. The van der Waals surface area contributed by atoms with Gasteiger partial charge in [0.2, 0.25) is 11.8 Å². The quantitative estimate of drug-likeness (QED) is 0.851. The molecule has 2 unspecified atom stereocenters. The average molecular weight is 275 g/mol. The van der Waals surface area contributed by atoms with Crippen molar-refractivity contribution in [1.29, 1.82) is 0 Å². The molecular formula is C15H21N3O2. The Morgan fingerprint density at radius 2 is 2.00 bits per heavy atom. The summed E-state index contributed by atoms with van der Waals surface area (Å²) in [6.45, 7) is 1.27. The molecule has 1 aliphatic rings. The lowest BCUT2D eigenvalue weighted by Crippen LogP contribution is -2.45. The van der Waals surface area contributed by atoms with Gasteiger partial charge in [0.25, 0.3) is 0 Å². The zero-order valence-corrected chi connectivity index (χ0v) is 11.5. The van der Waals surface area contributed by atoms with Gasteiger partial charge >= 0.3 is 0 Å². The van der Waals surface area contributed by atoms with Crippen LogP contribution < -0.4 is 11.5 Å². The summed E-state index contributed by atoms with van der Waals surface area (Å²) in [7, 11) is 0. The molecule has 2 rings (SSSR count). The van der Waals surface area contributed by atoms with E-state index >= 15 is 0 Å². The Morgan fingerprint density at radius 1 is 1.30 bits per heavy atom. The Kier molecular flexibility index (Phi) is 4.74. The highest BCUT2D eigenvalue weighted by molar-refractivity contribution is 5.83. The van der Waals surface area contributed by atoms with Crippen molar-refractivity contribution in [3.8, 4) is 0 Å². The van der Waals surface area contributed by atoms with Crippen LogP contribution in [-0.2, 0) is 9.59 Å². The first-order valence-corrected chi connectivity index (χ1v) is 6.95. The van der Waals surface area contributed by atoms with E-state index in [-0.39, 0.29) is 17.7 Å². The first-order valence-electron chi connectivity index (χ1n) is 6.95. The minimum Gasteiger partial charge on any atom is -0.370 e. The van der Waals surface area contributed by atoms with Gasteiger partial charge in [-0.3, -0.25) is 9.59 Å². The summed E-state index contributed by atoms with van der Waals surface area (Å²) in [5.74, 6) is -0.227. The predicted octanol–water partition coefficient (Wildman–Crippen LogP) is 0.800. The van der Waals surface area contributed by atoms with Crippen molar-refractivity contribution in [2.75, 3.05) is 13.1 Å². The van der Waals surface area contributed by atoms with Gasteiger partial charge in [-0.05, 0) is 24.3 Å². The first-order chi connectivity index (χ1) is 9.58. The molecule has 108 valence electrons. The van der Waals surface area contributed by atoms with Gasteiger partial charge in [0.15, 0.2) is 0 Å². The van der Waals surface area contributed by atoms with Gasteiger partial charge in [-0.2, -0.15) is 0 Å². The van der Waals surface area contributed by atoms with Crippen molar-refractivity contribution in [1.82, 2.24) is 4.90 Å². The predicted molar refractivity (Wildman–Crippen MR) is 76.5 cm³/mol. The molecule has 1 aromatic rings. The number of benzene rings is 1. The fourth-order valence-corrected chi connectivity index (χ4v) is 2.72. The second-order valence-corrected chi connectivity index (χ2v) is 5.35. The Labute approximate surface area is 118 Å². The van der Waals surface area contributed by atoms with Crippen LogP contribution in [0.5, 0.6) is 0 Å². The van der Waals surface area contributed by atoms with E-state index in [9.17, 15) is 9.59 Å². The molecule has 5 heteroatoms. The number of hydrogen-bond acceptors (Lipinski definition) is 3. The summed E-state index contributed by atoms with van der Waals surface area (Å²) in [6.07, 6.45) is 2.17. The number of rotatable bonds is 4. The van der Waals surface area contributed by atoms with E-state index in [0.717, 1.165) is 18.4 Å². The number of piperidine rings is 1. The summed E-state index contributed by atoms with van der Waals surface area (Å²) >= 11 is 0. The molecule has 1 saturated heterocycles. The minimum absolute atomic E-state index is 0.0784. The molecule has 1 aliphatic heterocycles. The molecular weight excluding hydrogens is 254 g/mol. The van der Waals surface area contributed by atoms with Gasteiger partial charge in [-0.15, -0.1) is 0 Å². The molecule has 1 aromatic carbocycles. The lowest BCUT2D eigenvalue weighted by Gasteiger charge is -2.34. The normalized spacial score (nSPS) is 20.4. The Bertz CT molecular complexity index is 475. The largest absolute Gasteiger partial charge is 0.370 e. The second-order valence-electron chi connectivity index (χ2n) is 5.35. The van der Waals surface area contributed by atoms with Crippen molar-refractivity contribution < 1.29 is 9.59 Å². The van der Waals surface area contributed by atoms with Crippen LogP contribution in [0.25, 0.3) is 0 Å². The third kappa shape index (κ3) is 3.57. The minimum atomic E-state index is -0.636. The molecule has 1 heterocycles. The zero-order valence-electron chi connectivity index (χ0n) is 11.5. The molecule has 2 atom stereocenters. The van der Waals surface area contributed by atoms with Gasteiger partial charge < -0.3 is 16.4 Å². The van der Waals surface area contributed by atoms with Crippen LogP contribution in [-0.4, -0.2) is 29.8 Å². The maximum atomic E-state index is 12.4. The number of nitrogens with zero attached hydrogens (tertiary/aromatic N) is 1. The maximum absolute atomic E-state index is 12.4. The summed E-state index contributed by atoms with van der Waals surface area (Å²) in [6, 6.07) is 8.71. The molecule has 0 bridgehead atoms. The molecule has 0 spiro atoms. The summed E-state index contributed by atoms with van der Waals surface area (Å²) < 4.78 is 0. The summed E-state index contributed by atoms with van der Waals surface area (Å²) in [4.78, 5) is 25.2. The Hall–Kier alpha value is -1.88. The summed E-state index contributed by atoms with van der Waals surface area (Å²) in [5.41, 5.74) is 12.1. The third-order valence-electron chi connectivity index (χ3n) is 3.75. The average Bonchev–Trinajstić information content (AvgIpc) is 2.46. The number of carbonyl (C=O) groups is 2. The highest BCUT2D eigenvalue weighted by Gasteiger charge is 2.28. The number of amides is 2. The van der Waals surface area contributed by atoms with Crippen LogP contribution in [0.1, 0.15) is 30.9 Å². The lowest BCUT2D eigenvalue weighted by atomic mass is 9.93. The van der Waals surface area contributed by atoms with Gasteiger partial charge in [-0.25, -0.2) is 0 Å². The van der Waals surface area contributed by atoms with Gasteiger partial charge in [0, 0.05) is 19.5 Å². The van der Waals surface area contributed by atoms with Crippen molar-refractivity contribution in [2.24, 2.45) is 17.4 Å². The van der Waals surface area contributed by atoms with E-state index in [0.29, 0.717) is 19.5 Å². The van der Waals surface area contributed by atoms with E-state index in [1.54, 1.807) is 4.90 Å². The first kappa shape index (κ1) is 14.5. The molecule has 0 aromatic heterocycles. The van der Waals surface area contributed by atoms with Crippen molar-refractivity contribution in [3.05, 3.63) is 35.9 Å². The molecule has 0 aliphatic carbocycles. The standard InChI is InChI=1S/C15H21N3O2/c16-13(19)9-11-5-4-8-18(10-11)15(20)14(17)12-6-2-1-3-7-12/h1-3,6-7,11,14H,4-5,8-10,17H2,(H2,16,19). The van der Waals surface area contributed by atoms with Crippen molar-refractivity contribution in [3.63, 3.8) is 0 Å². The van der Waals surface area contributed by atoms with E-state index in [2.05, 4.69) is 0 Å². The fraction of sp³-hybridized carbons (Fsp3) is 0.467. The highest BCUT2D eigenvalue weighted by Crippen LogP contribution is 2.22. The van der Waals surface area contributed by atoms with Crippen molar-refractivity contribution >= 4 is 11.8 Å². The molecule has 0 saturated carbocycles. The fourth-order valence-electron chi connectivity index (χ4n) is 2.72. The van der Waals surface area contributed by atoms with Gasteiger partial charge in [-0.1, -0.05) is 30.3 Å².